The highest BCUT2D eigenvalue weighted by atomic mass is 16.5. The molecule has 2 heterocycles. The second kappa shape index (κ2) is 8.38. The van der Waals surface area contributed by atoms with Crippen molar-refractivity contribution in [2.75, 3.05) is 13.2 Å². The molecule has 0 spiro atoms. The van der Waals surface area contributed by atoms with E-state index in [0.717, 1.165) is 5.69 Å². The lowest BCUT2D eigenvalue weighted by molar-refractivity contribution is -0.139. The van der Waals surface area contributed by atoms with Crippen LogP contribution in [0.2, 0.25) is 0 Å². The van der Waals surface area contributed by atoms with E-state index in [0.29, 0.717) is 0 Å². The smallest absolute Gasteiger partial charge is 0.357 e. The molecule has 1 aromatic carbocycles. The third-order valence-electron chi connectivity index (χ3n) is 4.10. The number of hydrogen-bond donors (Lipinski definition) is 2. The number of ether oxygens (including phenoxy) is 2. The van der Waals surface area contributed by atoms with Crippen molar-refractivity contribution in [3.63, 3.8) is 0 Å². The Balaban J connectivity index is 1.80. The zero-order valence-corrected chi connectivity index (χ0v) is 15.5. The Morgan fingerprint density at radius 3 is 2.64 bits per heavy atom. The number of esters is 2. The van der Waals surface area contributed by atoms with Gasteiger partial charge in [-0.25, -0.2) is 19.4 Å². The number of nitrogens with one attached hydrogen (secondary N) is 2. The highest BCUT2D eigenvalue weighted by Crippen LogP contribution is 2.16. The molecule has 9 nitrogen and oxygen atoms in total. The number of amides is 2. The maximum absolute atomic E-state index is 12.6. The number of nitrogens with zero attached hydrogens (tertiary/aromatic N) is 2. The molecule has 1 aromatic heterocycles. The van der Waals surface area contributed by atoms with Crippen LogP contribution >= 0.6 is 0 Å². The van der Waals surface area contributed by atoms with E-state index < -0.39 is 24.0 Å². The first kappa shape index (κ1) is 19.2. The van der Waals surface area contributed by atoms with Crippen LogP contribution in [0.15, 0.2) is 54.1 Å². The lowest BCUT2D eigenvalue weighted by Crippen LogP contribution is -2.50. The summed E-state index contributed by atoms with van der Waals surface area (Å²) in [5.41, 5.74) is 1.37. The van der Waals surface area contributed by atoms with Crippen LogP contribution in [0.25, 0.3) is 5.69 Å². The second-order valence-electron chi connectivity index (χ2n) is 5.99. The maximum Gasteiger partial charge on any atom is 0.357 e. The summed E-state index contributed by atoms with van der Waals surface area (Å²) in [5, 5.41) is 5.09. The molecule has 2 amide bonds. The fourth-order valence-corrected chi connectivity index (χ4v) is 2.85. The number of para-hydroxylation sites is 1. The van der Waals surface area contributed by atoms with Crippen molar-refractivity contribution in [1.82, 2.24) is 20.2 Å². The Morgan fingerprint density at radius 2 is 1.93 bits per heavy atom. The third-order valence-corrected chi connectivity index (χ3v) is 4.10. The van der Waals surface area contributed by atoms with E-state index in [9.17, 15) is 14.4 Å². The lowest BCUT2D eigenvalue weighted by atomic mass is 10.0. The van der Waals surface area contributed by atoms with Crippen LogP contribution < -0.4 is 10.6 Å². The Kier molecular flexibility index (Phi) is 5.73. The molecule has 0 fully saturated rings. The summed E-state index contributed by atoms with van der Waals surface area (Å²) in [7, 11) is 0. The summed E-state index contributed by atoms with van der Waals surface area (Å²) in [4.78, 5) is 40.5. The maximum atomic E-state index is 12.6. The molecule has 0 bridgehead atoms. The molecule has 28 heavy (non-hydrogen) atoms. The number of carbonyl (C=O) groups is 3. The van der Waals surface area contributed by atoms with Crippen molar-refractivity contribution in [3.05, 3.63) is 59.8 Å². The SMILES string of the molecule is CCOC(=O)C1=C(COC(=O)c2cncn2-c2ccccc2)NC(=O)NC1C. The minimum Gasteiger partial charge on any atom is -0.463 e. The summed E-state index contributed by atoms with van der Waals surface area (Å²) in [6.07, 6.45) is 2.89. The number of benzene rings is 1. The number of carbonyl (C=O) groups excluding carboxylic acids is 3. The largest absolute Gasteiger partial charge is 0.463 e. The van der Waals surface area contributed by atoms with Gasteiger partial charge in [0.2, 0.25) is 0 Å². The number of imidazole rings is 1. The fraction of sp³-hybridized carbons (Fsp3) is 0.263. The van der Waals surface area contributed by atoms with Crippen LogP contribution in [0.4, 0.5) is 4.79 Å². The van der Waals surface area contributed by atoms with Gasteiger partial charge in [0.05, 0.1) is 36.4 Å². The van der Waals surface area contributed by atoms with E-state index in [4.69, 9.17) is 9.47 Å². The van der Waals surface area contributed by atoms with Gasteiger partial charge in [-0.15, -0.1) is 0 Å². The summed E-state index contributed by atoms with van der Waals surface area (Å²) in [5.74, 6) is -1.22. The molecule has 3 rings (SSSR count). The van der Waals surface area contributed by atoms with Crippen molar-refractivity contribution < 1.29 is 23.9 Å². The van der Waals surface area contributed by atoms with Crippen LogP contribution in [-0.4, -0.2) is 46.8 Å². The van der Waals surface area contributed by atoms with Gasteiger partial charge in [0.1, 0.15) is 6.61 Å². The molecule has 0 aliphatic carbocycles. The molecular weight excluding hydrogens is 364 g/mol. The summed E-state index contributed by atoms with van der Waals surface area (Å²) >= 11 is 0. The van der Waals surface area contributed by atoms with Crippen molar-refractivity contribution in [3.8, 4) is 5.69 Å². The van der Waals surface area contributed by atoms with Gasteiger partial charge in [0.25, 0.3) is 0 Å². The Bertz CT molecular complexity index is 919. The lowest BCUT2D eigenvalue weighted by Gasteiger charge is -2.26. The first-order valence-electron chi connectivity index (χ1n) is 8.73. The van der Waals surface area contributed by atoms with Gasteiger partial charge in [0, 0.05) is 5.69 Å². The van der Waals surface area contributed by atoms with Gasteiger partial charge in [-0.05, 0) is 26.0 Å². The molecule has 2 aromatic rings. The summed E-state index contributed by atoms with van der Waals surface area (Å²) in [6, 6.07) is 8.14. The van der Waals surface area contributed by atoms with Gasteiger partial charge in [0.15, 0.2) is 5.69 Å². The van der Waals surface area contributed by atoms with Gasteiger partial charge < -0.3 is 20.1 Å². The average Bonchev–Trinajstić information content (AvgIpc) is 3.16. The standard InChI is InChI=1S/C19H20N4O5/c1-3-27-18(25)16-12(2)21-19(26)22-14(16)10-28-17(24)15-9-20-11-23(15)13-7-5-4-6-8-13/h4-9,11-12H,3,10H2,1-2H3,(H2,21,22,26). The van der Waals surface area contributed by atoms with Crippen LogP contribution in [0, 0.1) is 0 Å². The van der Waals surface area contributed by atoms with Crippen molar-refractivity contribution >= 4 is 18.0 Å². The molecule has 0 saturated heterocycles. The molecule has 0 radical (unpaired) electrons. The third kappa shape index (κ3) is 4.03. The Morgan fingerprint density at radius 1 is 1.18 bits per heavy atom. The van der Waals surface area contributed by atoms with E-state index in [1.165, 1.54) is 12.5 Å². The first-order valence-corrected chi connectivity index (χ1v) is 8.73. The van der Waals surface area contributed by atoms with Crippen LogP contribution in [-0.2, 0) is 14.3 Å². The molecule has 9 heteroatoms. The van der Waals surface area contributed by atoms with E-state index in [2.05, 4.69) is 15.6 Å². The molecule has 1 atom stereocenters. The number of rotatable bonds is 6. The second-order valence-corrected chi connectivity index (χ2v) is 5.99. The molecule has 1 aliphatic heterocycles. The van der Waals surface area contributed by atoms with E-state index in [1.54, 1.807) is 18.4 Å². The van der Waals surface area contributed by atoms with Crippen LogP contribution in [0.1, 0.15) is 24.3 Å². The van der Waals surface area contributed by atoms with E-state index in [-0.39, 0.29) is 30.2 Å². The monoisotopic (exact) mass is 384 g/mol. The van der Waals surface area contributed by atoms with E-state index >= 15 is 0 Å². The van der Waals surface area contributed by atoms with Crippen molar-refractivity contribution in [2.24, 2.45) is 0 Å². The average molecular weight is 384 g/mol. The van der Waals surface area contributed by atoms with Crippen molar-refractivity contribution in [1.29, 1.82) is 0 Å². The van der Waals surface area contributed by atoms with Gasteiger partial charge in [-0.3, -0.25) is 4.57 Å². The summed E-state index contributed by atoms with van der Waals surface area (Å²) < 4.78 is 12.0. The predicted molar refractivity (Wildman–Crippen MR) is 98.6 cm³/mol. The minimum atomic E-state index is -0.641. The Hall–Kier alpha value is -3.62. The predicted octanol–water partition coefficient (Wildman–Crippen LogP) is 1.55. The molecule has 1 aliphatic rings. The topological polar surface area (TPSA) is 112 Å². The van der Waals surface area contributed by atoms with Crippen LogP contribution in [0.5, 0.6) is 0 Å². The minimum absolute atomic E-state index is 0.187. The zero-order valence-electron chi connectivity index (χ0n) is 15.5. The van der Waals surface area contributed by atoms with Crippen LogP contribution in [0.3, 0.4) is 0 Å². The number of hydrogen-bond acceptors (Lipinski definition) is 6. The first-order chi connectivity index (χ1) is 13.5. The molecule has 0 saturated carbocycles. The van der Waals surface area contributed by atoms with Crippen molar-refractivity contribution in [2.45, 2.75) is 19.9 Å². The highest BCUT2D eigenvalue weighted by Gasteiger charge is 2.30. The van der Waals surface area contributed by atoms with E-state index in [1.807, 2.05) is 30.3 Å². The summed E-state index contributed by atoms with van der Waals surface area (Å²) in [6.45, 7) is 3.23. The fourth-order valence-electron chi connectivity index (χ4n) is 2.85. The highest BCUT2D eigenvalue weighted by molar-refractivity contribution is 5.95. The zero-order chi connectivity index (χ0) is 20.1. The van der Waals surface area contributed by atoms with Gasteiger partial charge >= 0.3 is 18.0 Å². The Labute approximate surface area is 161 Å². The quantitative estimate of drug-likeness (QED) is 0.731. The molecule has 2 N–H and O–H groups in total. The van der Waals surface area contributed by atoms with Gasteiger partial charge in [-0.2, -0.15) is 0 Å². The molecular formula is C19H20N4O5. The van der Waals surface area contributed by atoms with Gasteiger partial charge in [-0.1, -0.05) is 18.2 Å². The number of aromatic nitrogens is 2. The molecule has 146 valence electrons. The number of urea groups is 1. The molecule has 1 unspecified atom stereocenters. The normalized spacial score (nSPS) is 16.2.